The zero-order chi connectivity index (χ0) is 11.8. The van der Waals surface area contributed by atoms with Crippen molar-refractivity contribution in [3.05, 3.63) is 0 Å². The molecule has 0 aromatic carbocycles. The number of nitrogens with one attached hydrogen (secondary N) is 3. The van der Waals surface area contributed by atoms with Crippen LogP contribution in [0, 0.1) is 11.3 Å². The minimum absolute atomic E-state index is 0.189. The third-order valence-corrected chi connectivity index (χ3v) is 2.32. The summed E-state index contributed by atoms with van der Waals surface area (Å²) in [5.41, 5.74) is 4.81. The van der Waals surface area contributed by atoms with E-state index in [1.165, 1.54) is 0 Å². The van der Waals surface area contributed by atoms with Crippen molar-refractivity contribution >= 4 is 23.2 Å². The number of hydrogen-bond donors (Lipinski definition) is 3. The fourth-order valence-electron chi connectivity index (χ4n) is 1.30. The van der Waals surface area contributed by atoms with E-state index in [1.54, 1.807) is 6.07 Å². The third kappa shape index (κ3) is 4.91. The summed E-state index contributed by atoms with van der Waals surface area (Å²) in [4.78, 5) is 10.9. The molecule has 3 N–H and O–H groups in total. The number of nitrogens with zero attached hydrogens (tertiary/aromatic N) is 1. The van der Waals surface area contributed by atoms with Crippen molar-refractivity contribution in [2.75, 3.05) is 13.2 Å². The van der Waals surface area contributed by atoms with Crippen LogP contribution in [0.4, 0.5) is 0 Å². The lowest BCUT2D eigenvalue weighted by Gasteiger charge is -2.13. The van der Waals surface area contributed by atoms with E-state index in [0.29, 0.717) is 11.7 Å². The van der Waals surface area contributed by atoms with Crippen LogP contribution in [0.1, 0.15) is 19.3 Å². The van der Waals surface area contributed by atoms with Gasteiger partial charge in [0.15, 0.2) is 5.11 Å². The van der Waals surface area contributed by atoms with Crippen molar-refractivity contribution < 1.29 is 9.53 Å². The maximum atomic E-state index is 10.9. The number of ether oxygens (including phenoxy) is 1. The Hall–Kier alpha value is -1.39. The van der Waals surface area contributed by atoms with Crippen LogP contribution in [0.2, 0.25) is 0 Å². The summed E-state index contributed by atoms with van der Waals surface area (Å²) in [5, 5.41) is 11.5. The molecule has 1 amide bonds. The van der Waals surface area contributed by atoms with Crippen molar-refractivity contribution in [3.63, 3.8) is 0 Å². The van der Waals surface area contributed by atoms with E-state index in [1.807, 2.05) is 0 Å². The van der Waals surface area contributed by atoms with Gasteiger partial charge in [-0.1, -0.05) is 0 Å². The minimum atomic E-state index is -0.413. The first-order valence-electron chi connectivity index (χ1n) is 5.03. The second kappa shape index (κ2) is 6.98. The first-order valence-corrected chi connectivity index (χ1v) is 5.44. The van der Waals surface area contributed by atoms with E-state index >= 15 is 0 Å². The Balaban J connectivity index is 2.06. The van der Waals surface area contributed by atoms with Crippen LogP contribution in [0.25, 0.3) is 0 Å². The molecule has 1 aliphatic heterocycles. The van der Waals surface area contributed by atoms with Crippen LogP contribution in [0.15, 0.2) is 0 Å². The van der Waals surface area contributed by atoms with Crippen molar-refractivity contribution in [1.29, 1.82) is 5.26 Å². The van der Waals surface area contributed by atoms with Gasteiger partial charge in [0.05, 0.1) is 12.2 Å². The summed E-state index contributed by atoms with van der Waals surface area (Å²) >= 11 is 4.92. The van der Waals surface area contributed by atoms with Crippen LogP contribution in [0.5, 0.6) is 0 Å². The van der Waals surface area contributed by atoms with Gasteiger partial charge in [0.2, 0.25) is 0 Å². The van der Waals surface area contributed by atoms with Gasteiger partial charge in [0, 0.05) is 13.2 Å². The summed E-state index contributed by atoms with van der Waals surface area (Å²) in [6, 6.07) is 1.73. The largest absolute Gasteiger partial charge is 0.376 e. The Morgan fingerprint density at radius 3 is 3.00 bits per heavy atom. The molecule has 0 aliphatic carbocycles. The number of rotatable bonds is 3. The fraction of sp³-hybridized carbons (Fsp3) is 0.667. The molecule has 0 unspecified atom stereocenters. The molecule has 0 saturated carbocycles. The Labute approximate surface area is 99.3 Å². The summed E-state index contributed by atoms with van der Waals surface area (Å²) in [7, 11) is 0. The average molecular weight is 242 g/mol. The molecule has 0 aromatic rings. The van der Waals surface area contributed by atoms with Gasteiger partial charge in [-0.2, -0.15) is 5.26 Å². The van der Waals surface area contributed by atoms with Crippen molar-refractivity contribution in [1.82, 2.24) is 16.2 Å². The second-order valence-electron chi connectivity index (χ2n) is 3.35. The zero-order valence-corrected chi connectivity index (χ0v) is 9.60. The monoisotopic (exact) mass is 242 g/mol. The molecule has 1 aliphatic rings. The normalized spacial score (nSPS) is 18.6. The highest BCUT2D eigenvalue weighted by Gasteiger charge is 2.15. The van der Waals surface area contributed by atoms with Crippen LogP contribution in [0.3, 0.4) is 0 Å². The molecule has 0 spiro atoms. The summed E-state index contributed by atoms with van der Waals surface area (Å²) < 4.78 is 5.39. The molecular formula is C9H14N4O2S. The van der Waals surface area contributed by atoms with E-state index in [4.69, 9.17) is 22.2 Å². The van der Waals surface area contributed by atoms with Crippen LogP contribution < -0.4 is 16.2 Å². The topological polar surface area (TPSA) is 86.2 Å². The number of hydrazine groups is 1. The standard InChI is InChI=1S/C9H14N4O2S/c10-4-3-8(14)12-13-9(16)11-6-7-2-1-5-15-7/h7H,1-3,5-6H2,(H,12,14)(H2,11,13,16)/t7-/m0/s1. The van der Waals surface area contributed by atoms with E-state index in [9.17, 15) is 4.79 Å². The summed E-state index contributed by atoms with van der Waals surface area (Å²) in [6.45, 7) is 1.42. The molecule has 1 atom stereocenters. The average Bonchev–Trinajstić information content (AvgIpc) is 2.77. The molecule has 7 heteroatoms. The fourth-order valence-corrected chi connectivity index (χ4v) is 1.43. The Morgan fingerprint density at radius 1 is 1.56 bits per heavy atom. The second-order valence-corrected chi connectivity index (χ2v) is 3.76. The maximum Gasteiger partial charge on any atom is 0.252 e. The molecule has 0 bridgehead atoms. The predicted molar refractivity (Wildman–Crippen MR) is 61.1 cm³/mol. The van der Waals surface area contributed by atoms with Gasteiger partial charge in [0.25, 0.3) is 5.91 Å². The van der Waals surface area contributed by atoms with Gasteiger partial charge in [-0.15, -0.1) is 0 Å². The van der Waals surface area contributed by atoms with Crippen LogP contribution in [-0.4, -0.2) is 30.3 Å². The lowest BCUT2D eigenvalue weighted by atomic mass is 10.2. The Morgan fingerprint density at radius 2 is 2.38 bits per heavy atom. The molecule has 1 saturated heterocycles. The van der Waals surface area contributed by atoms with Gasteiger partial charge in [-0.25, -0.2) is 0 Å². The molecule has 1 heterocycles. The molecule has 16 heavy (non-hydrogen) atoms. The molecule has 0 aromatic heterocycles. The van der Waals surface area contributed by atoms with Gasteiger partial charge in [-0.3, -0.25) is 15.6 Å². The van der Waals surface area contributed by atoms with Gasteiger partial charge in [-0.05, 0) is 25.1 Å². The van der Waals surface area contributed by atoms with Gasteiger partial charge in [0.1, 0.15) is 6.42 Å². The molecule has 0 radical (unpaired) electrons. The molecule has 6 nitrogen and oxygen atoms in total. The van der Waals surface area contributed by atoms with E-state index in [2.05, 4.69) is 16.2 Å². The third-order valence-electron chi connectivity index (χ3n) is 2.07. The van der Waals surface area contributed by atoms with Gasteiger partial charge < -0.3 is 10.1 Å². The Kier molecular flexibility index (Phi) is 5.53. The van der Waals surface area contributed by atoms with Gasteiger partial charge >= 0.3 is 0 Å². The van der Waals surface area contributed by atoms with Crippen LogP contribution >= 0.6 is 12.2 Å². The molecular weight excluding hydrogens is 228 g/mol. The number of thiocarbonyl (C=S) groups is 1. The number of amides is 1. The number of carbonyl (C=O) groups is 1. The minimum Gasteiger partial charge on any atom is -0.376 e. The molecule has 88 valence electrons. The maximum absolute atomic E-state index is 10.9. The van der Waals surface area contributed by atoms with E-state index < -0.39 is 5.91 Å². The SMILES string of the molecule is N#CCC(=O)NNC(=S)NC[C@@H]1CCCO1. The first-order chi connectivity index (χ1) is 7.72. The lowest BCUT2D eigenvalue weighted by molar-refractivity contribution is -0.120. The highest BCUT2D eigenvalue weighted by Crippen LogP contribution is 2.10. The highest BCUT2D eigenvalue weighted by atomic mass is 32.1. The zero-order valence-electron chi connectivity index (χ0n) is 8.78. The quantitative estimate of drug-likeness (QED) is 0.460. The highest BCUT2D eigenvalue weighted by molar-refractivity contribution is 7.80. The van der Waals surface area contributed by atoms with E-state index in [0.717, 1.165) is 19.4 Å². The summed E-state index contributed by atoms with van der Waals surface area (Å²) in [6.07, 6.45) is 2.10. The summed E-state index contributed by atoms with van der Waals surface area (Å²) in [5.74, 6) is -0.413. The number of carbonyl (C=O) groups excluding carboxylic acids is 1. The number of nitriles is 1. The lowest BCUT2D eigenvalue weighted by Crippen LogP contribution is -2.48. The first kappa shape index (κ1) is 12.7. The van der Waals surface area contributed by atoms with Crippen molar-refractivity contribution in [2.45, 2.75) is 25.4 Å². The molecule has 1 fully saturated rings. The molecule has 1 rings (SSSR count). The van der Waals surface area contributed by atoms with Crippen molar-refractivity contribution in [3.8, 4) is 6.07 Å². The number of hydrogen-bond acceptors (Lipinski definition) is 4. The van der Waals surface area contributed by atoms with Crippen molar-refractivity contribution in [2.24, 2.45) is 0 Å². The van der Waals surface area contributed by atoms with E-state index in [-0.39, 0.29) is 12.5 Å². The predicted octanol–water partition coefficient (Wildman–Crippen LogP) is -0.426. The smallest absolute Gasteiger partial charge is 0.252 e. The Bertz CT molecular complexity index is 296. The van der Waals surface area contributed by atoms with Crippen LogP contribution in [-0.2, 0) is 9.53 Å².